The summed E-state index contributed by atoms with van der Waals surface area (Å²) >= 11 is 0. The third-order valence-electron chi connectivity index (χ3n) is 3.84. The predicted molar refractivity (Wildman–Crippen MR) is 85.0 cm³/mol. The van der Waals surface area contributed by atoms with Gasteiger partial charge in [0.15, 0.2) is 5.82 Å². The highest BCUT2D eigenvalue weighted by atomic mass is 16.5. The van der Waals surface area contributed by atoms with Gasteiger partial charge in [-0.15, -0.1) is 0 Å². The van der Waals surface area contributed by atoms with Crippen LogP contribution in [-0.4, -0.2) is 43.1 Å². The van der Waals surface area contributed by atoms with Crippen molar-refractivity contribution in [2.45, 2.75) is 0 Å². The first-order chi connectivity index (χ1) is 10.2. The van der Waals surface area contributed by atoms with E-state index in [1.54, 1.807) is 11.8 Å². The van der Waals surface area contributed by atoms with E-state index in [9.17, 15) is 0 Å². The number of hydrogen-bond donors (Lipinski definition) is 1. The van der Waals surface area contributed by atoms with Crippen molar-refractivity contribution in [2.75, 3.05) is 48.8 Å². The summed E-state index contributed by atoms with van der Waals surface area (Å²) in [6.07, 6.45) is 1.85. The molecule has 0 atom stereocenters. The van der Waals surface area contributed by atoms with Crippen LogP contribution in [0.25, 0.3) is 0 Å². The summed E-state index contributed by atoms with van der Waals surface area (Å²) < 4.78 is 7.20. The fourth-order valence-corrected chi connectivity index (χ4v) is 2.79. The van der Waals surface area contributed by atoms with E-state index in [0.717, 1.165) is 49.1 Å². The molecular formula is C15H21N5O. The molecule has 0 amide bonds. The largest absolute Gasteiger partial charge is 0.495 e. The number of para-hydroxylation sites is 2. The number of aryl methyl sites for hydroxylation is 1. The first kappa shape index (κ1) is 13.6. The smallest absolute Gasteiger partial charge is 0.173 e. The van der Waals surface area contributed by atoms with E-state index in [0.29, 0.717) is 0 Å². The average Bonchev–Trinajstić information content (AvgIpc) is 2.86. The molecule has 112 valence electrons. The summed E-state index contributed by atoms with van der Waals surface area (Å²) in [5, 5.41) is 4.44. The second-order valence-electron chi connectivity index (χ2n) is 5.23. The number of benzene rings is 1. The van der Waals surface area contributed by atoms with Gasteiger partial charge in [0.25, 0.3) is 0 Å². The van der Waals surface area contributed by atoms with E-state index in [1.165, 1.54) is 0 Å². The quantitative estimate of drug-likeness (QED) is 0.923. The molecule has 2 N–H and O–H groups in total. The Balaban J connectivity index is 1.72. The normalized spacial score (nSPS) is 15.3. The zero-order valence-corrected chi connectivity index (χ0v) is 12.5. The lowest BCUT2D eigenvalue weighted by Crippen LogP contribution is -2.47. The molecule has 1 aromatic heterocycles. The summed E-state index contributed by atoms with van der Waals surface area (Å²) in [6, 6.07) is 8.14. The van der Waals surface area contributed by atoms with Crippen LogP contribution in [0.15, 0.2) is 30.5 Å². The molecule has 2 aromatic rings. The minimum absolute atomic E-state index is 0.739. The predicted octanol–water partition coefficient (Wildman–Crippen LogP) is 1.34. The molecular weight excluding hydrogens is 266 g/mol. The van der Waals surface area contributed by atoms with Crippen LogP contribution >= 0.6 is 0 Å². The Hall–Kier alpha value is -2.37. The van der Waals surface area contributed by atoms with Gasteiger partial charge in [-0.25, -0.2) is 0 Å². The summed E-state index contributed by atoms with van der Waals surface area (Å²) in [4.78, 5) is 4.58. The molecule has 1 aromatic carbocycles. The minimum Gasteiger partial charge on any atom is -0.495 e. The van der Waals surface area contributed by atoms with Crippen LogP contribution in [0.5, 0.6) is 5.75 Å². The van der Waals surface area contributed by atoms with Gasteiger partial charge >= 0.3 is 0 Å². The van der Waals surface area contributed by atoms with Crippen LogP contribution in [-0.2, 0) is 7.05 Å². The van der Waals surface area contributed by atoms with Crippen LogP contribution in [0.2, 0.25) is 0 Å². The van der Waals surface area contributed by atoms with Gasteiger partial charge < -0.3 is 20.3 Å². The Morgan fingerprint density at radius 2 is 1.76 bits per heavy atom. The number of nitrogens with zero attached hydrogens (tertiary/aromatic N) is 4. The second kappa shape index (κ2) is 5.55. The minimum atomic E-state index is 0.739. The fourth-order valence-electron chi connectivity index (χ4n) is 2.79. The summed E-state index contributed by atoms with van der Waals surface area (Å²) in [6.45, 7) is 3.66. The van der Waals surface area contributed by atoms with Gasteiger partial charge in [0, 0.05) is 39.4 Å². The van der Waals surface area contributed by atoms with E-state index in [2.05, 4.69) is 21.0 Å². The molecule has 6 nitrogen and oxygen atoms in total. The molecule has 1 aliphatic heterocycles. The Morgan fingerprint density at radius 3 is 2.38 bits per heavy atom. The third-order valence-corrected chi connectivity index (χ3v) is 3.84. The van der Waals surface area contributed by atoms with Crippen LogP contribution < -0.4 is 20.3 Å². The second-order valence-corrected chi connectivity index (χ2v) is 5.23. The number of piperazine rings is 1. The molecule has 0 saturated carbocycles. The fraction of sp³-hybridized carbons (Fsp3) is 0.400. The first-order valence-electron chi connectivity index (χ1n) is 7.11. The van der Waals surface area contributed by atoms with E-state index < -0.39 is 0 Å². The zero-order chi connectivity index (χ0) is 14.8. The molecule has 1 aliphatic rings. The van der Waals surface area contributed by atoms with Crippen molar-refractivity contribution in [3.63, 3.8) is 0 Å². The van der Waals surface area contributed by atoms with Gasteiger partial charge in [-0.2, -0.15) is 5.10 Å². The van der Waals surface area contributed by atoms with E-state index >= 15 is 0 Å². The SMILES string of the molecule is COc1ccccc1N1CCN(c2nn(C)cc2N)CC1. The Bertz CT molecular complexity index is 616. The lowest BCUT2D eigenvalue weighted by Gasteiger charge is -2.36. The number of aromatic nitrogens is 2. The molecule has 0 bridgehead atoms. The van der Waals surface area contributed by atoms with E-state index in [4.69, 9.17) is 10.5 Å². The molecule has 1 saturated heterocycles. The van der Waals surface area contributed by atoms with Crippen molar-refractivity contribution in [1.29, 1.82) is 0 Å². The monoisotopic (exact) mass is 287 g/mol. The maximum atomic E-state index is 6.01. The molecule has 0 aliphatic carbocycles. The van der Waals surface area contributed by atoms with Crippen LogP contribution in [0.3, 0.4) is 0 Å². The van der Waals surface area contributed by atoms with Crippen LogP contribution in [0, 0.1) is 0 Å². The first-order valence-corrected chi connectivity index (χ1v) is 7.11. The molecule has 0 radical (unpaired) electrons. The van der Waals surface area contributed by atoms with Crippen molar-refractivity contribution in [3.8, 4) is 5.75 Å². The number of anilines is 3. The number of methoxy groups -OCH3 is 1. The van der Waals surface area contributed by atoms with E-state index in [1.807, 2.05) is 31.4 Å². The Morgan fingerprint density at radius 1 is 1.10 bits per heavy atom. The molecule has 1 fully saturated rings. The molecule has 2 heterocycles. The molecule has 0 spiro atoms. The van der Waals surface area contributed by atoms with Crippen molar-refractivity contribution >= 4 is 17.2 Å². The topological polar surface area (TPSA) is 59.5 Å². The Labute approximate surface area is 124 Å². The van der Waals surface area contributed by atoms with Gasteiger partial charge in [-0.3, -0.25) is 4.68 Å². The summed E-state index contributed by atoms with van der Waals surface area (Å²) in [7, 11) is 3.61. The zero-order valence-electron chi connectivity index (χ0n) is 12.5. The number of hydrogen-bond acceptors (Lipinski definition) is 5. The summed E-state index contributed by atoms with van der Waals surface area (Å²) in [5.41, 5.74) is 7.89. The van der Waals surface area contributed by atoms with Gasteiger partial charge in [0.05, 0.1) is 18.5 Å². The van der Waals surface area contributed by atoms with Gasteiger partial charge in [-0.1, -0.05) is 12.1 Å². The standard InChI is InChI=1S/C15H21N5O/c1-18-11-12(16)15(17-18)20-9-7-19(8-10-20)13-5-3-4-6-14(13)21-2/h3-6,11H,7-10,16H2,1-2H3. The van der Waals surface area contributed by atoms with Crippen LogP contribution in [0.1, 0.15) is 0 Å². The average molecular weight is 287 g/mol. The number of nitrogens with two attached hydrogens (primary N) is 1. The highest BCUT2D eigenvalue weighted by molar-refractivity contribution is 5.64. The summed E-state index contributed by atoms with van der Waals surface area (Å²) in [5.74, 6) is 1.81. The molecule has 3 rings (SSSR count). The number of rotatable bonds is 3. The van der Waals surface area contributed by atoms with E-state index in [-0.39, 0.29) is 0 Å². The van der Waals surface area contributed by atoms with Gasteiger partial charge in [0.1, 0.15) is 5.75 Å². The van der Waals surface area contributed by atoms with Crippen molar-refractivity contribution in [3.05, 3.63) is 30.5 Å². The lowest BCUT2D eigenvalue weighted by atomic mass is 10.2. The molecule has 0 unspecified atom stereocenters. The van der Waals surface area contributed by atoms with Crippen molar-refractivity contribution in [2.24, 2.45) is 7.05 Å². The number of nitrogen functional groups attached to an aromatic ring is 1. The van der Waals surface area contributed by atoms with Gasteiger partial charge in [0.2, 0.25) is 0 Å². The van der Waals surface area contributed by atoms with Crippen LogP contribution in [0.4, 0.5) is 17.2 Å². The Kier molecular flexibility index (Phi) is 3.60. The van der Waals surface area contributed by atoms with Crippen molar-refractivity contribution in [1.82, 2.24) is 9.78 Å². The van der Waals surface area contributed by atoms with Crippen molar-refractivity contribution < 1.29 is 4.74 Å². The third kappa shape index (κ3) is 2.61. The lowest BCUT2D eigenvalue weighted by molar-refractivity contribution is 0.413. The maximum absolute atomic E-state index is 6.01. The molecule has 6 heteroatoms. The maximum Gasteiger partial charge on any atom is 0.173 e. The number of ether oxygens (including phenoxy) is 1. The highest BCUT2D eigenvalue weighted by Gasteiger charge is 2.22. The van der Waals surface area contributed by atoms with Gasteiger partial charge in [-0.05, 0) is 12.1 Å². The molecule has 21 heavy (non-hydrogen) atoms. The highest BCUT2D eigenvalue weighted by Crippen LogP contribution is 2.29.